The van der Waals surface area contributed by atoms with Crippen LogP contribution >= 0.6 is 0 Å². The molecule has 1 aromatic heterocycles. The van der Waals surface area contributed by atoms with Gasteiger partial charge in [0, 0.05) is 25.0 Å². The summed E-state index contributed by atoms with van der Waals surface area (Å²) >= 11 is 0. The van der Waals surface area contributed by atoms with Gasteiger partial charge >= 0.3 is 0 Å². The van der Waals surface area contributed by atoms with Crippen LogP contribution in [0.15, 0.2) is 36.7 Å². The standard InChI is InChI=1S/C16H19N3O/c1-2-18-12-14(11-17-18)16(20)19-10-6-5-8-13-7-3-4-9-15(13)19/h3-4,7,9,11-12H,2,5-6,8,10H2,1H3. The average Bonchev–Trinajstić information content (AvgIpc) is 2.86. The molecule has 0 unspecified atom stereocenters. The number of amides is 1. The molecule has 1 aromatic carbocycles. The van der Waals surface area contributed by atoms with E-state index in [0.717, 1.165) is 38.0 Å². The summed E-state index contributed by atoms with van der Waals surface area (Å²) in [6.45, 7) is 3.58. The Morgan fingerprint density at radius 1 is 1.30 bits per heavy atom. The van der Waals surface area contributed by atoms with Crippen molar-refractivity contribution in [3.8, 4) is 0 Å². The molecular formula is C16H19N3O. The van der Waals surface area contributed by atoms with Crippen molar-refractivity contribution in [2.24, 2.45) is 0 Å². The summed E-state index contributed by atoms with van der Waals surface area (Å²) in [4.78, 5) is 14.6. The number of rotatable bonds is 2. The predicted molar refractivity (Wildman–Crippen MR) is 79.0 cm³/mol. The number of para-hydroxylation sites is 1. The number of carbonyl (C=O) groups excluding carboxylic acids is 1. The van der Waals surface area contributed by atoms with Gasteiger partial charge in [0.1, 0.15) is 0 Å². The minimum atomic E-state index is 0.0547. The van der Waals surface area contributed by atoms with Crippen molar-refractivity contribution >= 4 is 11.6 Å². The van der Waals surface area contributed by atoms with Crippen LogP contribution in [-0.2, 0) is 13.0 Å². The fraction of sp³-hybridized carbons (Fsp3) is 0.375. The highest BCUT2D eigenvalue weighted by Crippen LogP contribution is 2.27. The van der Waals surface area contributed by atoms with E-state index in [0.29, 0.717) is 5.56 Å². The third kappa shape index (κ3) is 2.33. The molecule has 0 aliphatic carbocycles. The number of hydrogen-bond acceptors (Lipinski definition) is 2. The molecule has 4 heteroatoms. The Morgan fingerprint density at radius 2 is 2.15 bits per heavy atom. The summed E-state index contributed by atoms with van der Waals surface area (Å²) in [6, 6.07) is 8.21. The van der Waals surface area contributed by atoms with Crippen LogP contribution < -0.4 is 4.90 Å². The van der Waals surface area contributed by atoms with Crippen LogP contribution in [0.3, 0.4) is 0 Å². The zero-order valence-electron chi connectivity index (χ0n) is 11.7. The second-order valence-corrected chi connectivity index (χ2v) is 5.13. The monoisotopic (exact) mass is 269 g/mol. The third-order valence-corrected chi connectivity index (χ3v) is 3.81. The topological polar surface area (TPSA) is 38.1 Å². The Labute approximate surface area is 119 Å². The Morgan fingerprint density at radius 3 is 2.95 bits per heavy atom. The summed E-state index contributed by atoms with van der Waals surface area (Å²) in [5, 5.41) is 4.20. The molecule has 0 fully saturated rings. The maximum absolute atomic E-state index is 12.7. The molecular weight excluding hydrogens is 250 g/mol. The predicted octanol–water partition coefficient (Wildman–Crippen LogP) is 2.89. The van der Waals surface area contributed by atoms with E-state index in [1.165, 1.54) is 5.56 Å². The van der Waals surface area contributed by atoms with E-state index in [2.05, 4.69) is 11.2 Å². The third-order valence-electron chi connectivity index (χ3n) is 3.81. The average molecular weight is 269 g/mol. The summed E-state index contributed by atoms with van der Waals surface area (Å²) in [5.74, 6) is 0.0547. The van der Waals surface area contributed by atoms with E-state index in [1.54, 1.807) is 10.9 Å². The molecule has 1 aliphatic heterocycles. The molecule has 2 aromatic rings. The van der Waals surface area contributed by atoms with Gasteiger partial charge in [-0.15, -0.1) is 0 Å². The van der Waals surface area contributed by atoms with Crippen LogP contribution in [0.4, 0.5) is 5.69 Å². The zero-order valence-corrected chi connectivity index (χ0v) is 11.7. The van der Waals surface area contributed by atoms with Crippen molar-refractivity contribution in [2.75, 3.05) is 11.4 Å². The highest BCUT2D eigenvalue weighted by atomic mass is 16.2. The first-order chi connectivity index (χ1) is 9.79. The van der Waals surface area contributed by atoms with Gasteiger partial charge < -0.3 is 4.90 Å². The molecule has 0 saturated carbocycles. The number of aromatic nitrogens is 2. The van der Waals surface area contributed by atoms with Gasteiger partial charge in [0.25, 0.3) is 5.91 Å². The van der Waals surface area contributed by atoms with Crippen LogP contribution in [0, 0.1) is 0 Å². The molecule has 4 nitrogen and oxygen atoms in total. The van der Waals surface area contributed by atoms with Gasteiger partial charge in [-0.05, 0) is 37.8 Å². The first kappa shape index (κ1) is 12.9. The molecule has 0 atom stereocenters. The van der Waals surface area contributed by atoms with Gasteiger partial charge in [-0.3, -0.25) is 9.48 Å². The van der Waals surface area contributed by atoms with E-state index in [1.807, 2.05) is 36.2 Å². The van der Waals surface area contributed by atoms with Crippen molar-refractivity contribution in [1.29, 1.82) is 0 Å². The Bertz CT molecular complexity index is 618. The van der Waals surface area contributed by atoms with Gasteiger partial charge in [-0.25, -0.2) is 0 Å². The molecule has 2 heterocycles. The number of aryl methyl sites for hydroxylation is 2. The van der Waals surface area contributed by atoms with E-state index >= 15 is 0 Å². The van der Waals surface area contributed by atoms with Crippen LogP contribution in [-0.4, -0.2) is 22.2 Å². The number of anilines is 1. The SMILES string of the molecule is CCn1cc(C(=O)N2CCCCc3ccccc32)cn1. The Hall–Kier alpha value is -2.10. The van der Waals surface area contributed by atoms with Gasteiger partial charge in [-0.2, -0.15) is 5.10 Å². The zero-order chi connectivity index (χ0) is 13.9. The van der Waals surface area contributed by atoms with Crippen molar-refractivity contribution in [2.45, 2.75) is 32.7 Å². The molecule has 104 valence electrons. The van der Waals surface area contributed by atoms with E-state index in [9.17, 15) is 4.79 Å². The smallest absolute Gasteiger partial charge is 0.261 e. The highest BCUT2D eigenvalue weighted by molar-refractivity contribution is 6.06. The normalized spacial score (nSPS) is 14.8. The largest absolute Gasteiger partial charge is 0.308 e. The molecule has 0 radical (unpaired) electrons. The fourth-order valence-corrected chi connectivity index (χ4v) is 2.71. The fourth-order valence-electron chi connectivity index (χ4n) is 2.71. The minimum Gasteiger partial charge on any atom is -0.308 e. The number of benzene rings is 1. The summed E-state index contributed by atoms with van der Waals surface area (Å²) in [7, 11) is 0. The minimum absolute atomic E-state index is 0.0547. The van der Waals surface area contributed by atoms with Gasteiger partial charge in [-0.1, -0.05) is 18.2 Å². The first-order valence-corrected chi connectivity index (χ1v) is 7.22. The molecule has 0 spiro atoms. The lowest BCUT2D eigenvalue weighted by molar-refractivity contribution is 0.0987. The van der Waals surface area contributed by atoms with E-state index in [4.69, 9.17) is 0 Å². The van der Waals surface area contributed by atoms with Gasteiger partial charge in [0.15, 0.2) is 0 Å². The number of nitrogens with zero attached hydrogens (tertiary/aromatic N) is 3. The van der Waals surface area contributed by atoms with Crippen molar-refractivity contribution in [1.82, 2.24) is 9.78 Å². The molecule has 1 amide bonds. The number of carbonyl (C=O) groups is 1. The summed E-state index contributed by atoms with van der Waals surface area (Å²) < 4.78 is 1.79. The van der Waals surface area contributed by atoms with Crippen molar-refractivity contribution < 1.29 is 4.79 Å². The second-order valence-electron chi connectivity index (χ2n) is 5.13. The highest BCUT2D eigenvalue weighted by Gasteiger charge is 2.22. The Kier molecular flexibility index (Phi) is 3.54. The molecule has 0 N–H and O–H groups in total. The lowest BCUT2D eigenvalue weighted by Gasteiger charge is -2.22. The summed E-state index contributed by atoms with van der Waals surface area (Å²) in [6.07, 6.45) is 6.72. The molecule has 0 bridgehead atoms. The maximum Gasteiger partial charge on any atom is 0.261 e. The quantitative estimate of drug-likeness (QED) is 0.840. The van der Waals surface area contributed by atoms with Crippen LogP contribution in [0.2, 0.25) is 0 Å². The van der Waals surface area contributed by atoms with E-state index < -0.39 is 0 Å². The van der Waals surface area contributed by atoms with Crippen LogP contribution in [0.5, 0.6) is 0 Å². The maximum atomic E-state index is 12.7. The molecule has 1 aliphatic rings. The van der Waals surface area contributed by atoms with E-state index in [-0.39, 0.29) is 5.91 Å². The molecule has 0 saturated heterocycles. The second kappa shape index (κ2) is 5.49. The molecule has 20 heavy (non-hydrogen) atoms. The van der Waals surface area contributed by atoms with Gasteiger partial charge in [0.2, 0.25) is 0 Å². The van der Waals surface area contributed by atoms with Crippen molar-refractivity contribution in [3.05, 3.63) is 47.8 Å². The lowest BCUT2D eigenvalue weighted by atomic mass is 10.1. The van der Waals surface area contributed by atoms with Crippen LogP contribution in [0.1, 0.15) is 35.7 Å². The van der Waals surface area contributed by atoms with Crippen molar-refractivity contribution in [3.63, 3.8) is 0 Å². The van der Waals surface area contributed by atoms with Crippen LogP contribution in [0.25, 0.3) is 0 Å². The lowest BCUT2D eigenvalue weighted by Crippen LogP contribution is -2.31. The molecule has 3 rings (SSSR count). The number of fused-ring (bicyclic) bond motifs is 1. The van der Waals surface area contributed by atoms with Gasteiger partial charge in [0.05, 0.1) is 11.8 Å². The Balaban J connectivity index is 1.94. The number of hydrogen-bond donors (Lipinski definition) is 0. The first-order valence-electron chi connectivity index (χ1n) is 7.22. The summed E-state index contributed by atoms with van der Waals surface area (Å²) in [5.41, 5.74) is 2.99.